The molecular weight excluding hydrogens is 456 g/mol. The molecule has 0 saturated carbocycles. The summed E-state index contributed by atoms with van der Waals surface area (Å²) in [6, 6.07) is 10.6. The number of carbonyl (C=O) groups excluding carboxylic acids is 1. The highest BCUT2D eigenvalue weighted by Crippen LogP contribution is 2.31. The molecule has 2 aromatic carbocycles. The lowest BCUT2D eigenvalue weighted by molar-refractivity contribution is -0.118. The fourth-order valence-electron chi connectivity index (χ4n) is 3.48. The number of anilines is 1. The number of aryl methyl sites for hydroxylation is 1. The zero-order chi connectivity index (χ0) is 21.2. The molecule has 0 N–H and O–H groups in total. The number of nitrogens with zero attached hydrogens (tertiary/aromatic N) is 2. The molecule has 156 valence electrons. The van der Waals surface area contributed by atoms with Crippen molar-refractivity contribution in [3.63, 3.8) is 0 Å². The Morgan fingerprint density at radius 3 is 2.62 bits per heavy atom. The van der Waals surface area contributed by atoms with Crippen molar-refractivity contribution in [3.8, 4) is 5.75 Å². The number of likely N-dealkylation sites (N-methyl/N-ethyl adjacent to an activating group) is 1. The van der Waals surface area contributed by atoms with Gasteiger partial charge < -0.3 is 9.64 Å². The van der Waals surface area contributed by atoms with Crippen molar-refractivity contribution in [2.45, 2.75) is 32.1 Å². The van der Waals surface area contributed by atoms with Crippen LogP contribution in [0.1, 0.15) is 25.0 Å². The summed E-state index contributed by atoms with van der Waals surface area (Å²) >= 11 is 3.45. The lowest BCUT2D eigenvalue weighted by Gasteiger charge is -2.24. The Morgan fingerprint density at radius 1 is 1.21 bits per heavy atom. The van der Waals surface area contributed by atoms with E-state index in [0.717, 1.165) is 27.7 Å². The van der Waals surface area contributed by atoms with Gasteiger partial charge in [-0.3, -0.25) is 4.79 Å². The van der Waals surface area contributed by atoms with Crippen LogP contribution in [0, 0.1) is 6.92 Å². The summed E-state index contributed by atoms with van der Waals surface area (Å²) in [5.74, 6) is 0.435. The van der Waals surface area contributed by atoms with Crippen LogP contribution < -0.4 is 9.64 Å². The third-order valence-electron chi connectivity index (χ3n) is 4.99. The topological polar surface area (TPSA) is 66.9 Å². The number of rotatable bonds is 7. The molecule has 0 radical (unpaired) electrons. The molecule has 0 aromatic heterocycles. The standard InChI is InChI=1S/C21H25BrN2O4S/c1-4-23(29(26,27)18-7-9-20(28-5-2)15(3)12-18)14-21(25)24-11-10-16-13-17(22)6-8-19(16)24/h6-9,12-13H,4-5,10-11,14H2,1-3H3. The Hall–Kier alpha value is -1.90. The predicted octanol–water partition coefficient (Wildman–Crippen LogP) is 3.76. The van der Waals surface area contributed by atoms with Crippen LogP contribution in [-0.2, 0) is 21.2 Å². The van der Waals surface area contributed by atoms with Crippen LogP contribution in [0.2, 0.25) is 0 Å². The van der Waals surface area contributed by atoms with Gasteiger partial charge in [0.05, 0.1) is 18.0 Å². The van der Waals surface area contributed by atoms with Crippen LogP contribution in [0.5, 0.6) is 5.75 Å². The Morgan fingerprint density at radius 2 is 1.97 bits per heavy atom. The van der Waals surface area contributed by atoms with E-state index < -0.39 is 10.0 Å². The summed E-state index contributed by atoms with van der Waals surface area (Å²) in [5, 5.41) is 0. The molecule has 3 rings (SSSR count). The lowest BCUT2D eigenvalue weighted by atomic mass is 10.2. The highest BCUT2D eigenvalue weighted by atomic mass is 79.9. The monoisotopic (exact) mass is 480 g/mol. The van der Waals surface area contributed by atoms with Crippen molar-refractivity contribution in [2.75, 3.05) is 31.1 Å². The largest absolute Gasteiger partial charge is 0.494 e. The maximum atomic E-state index is 13.1. The molecular formula is C21H25BrN2O4S. The summed E-state index contributed by atoms with van der Waals surface area (Å²) in [6.45, 7) is 6.51. The van der Waals surface area contributed by atoms with E-state index in [4.69, 9.17) is 4.74 Å². The van der Waals surface area contributed by atoms with Crippen LogP contribution in [-0.4, -0.2) is 44.9 Å². The summed E-state index contributed by atoms with van der Waals surface area (Å²) in [6.07, 6.45) is 0.761. The molecule has 0 fully saturated rings. The summed E-state index contributed by atoms with van der Waals surface area (Å²) in [4.78, 5) is 14.8. The van der Waals surface area contributed by atoms with Gasteiger partial charge in [-0.25, -0.2) is 8.42 Å². The fraction of sp³-hybridized carbons (Fsp3) is 0.381. The minimum absolute atomic E-state index is 0.166. The lowest BCUT2D eigenvalue weighted by Crippen LogP contribution is -2.42. The third-order valence-corrected chi connectivity index (χ3v) is 7.40. The number of halogens is 1. The van der Waals surface area contributed by atoms with Crippen LogP contribution in [0.25, 0.3) is 0 Å². The normalized spacial score (nSPS) is 13.6. The zero-order valence-electron chi connectivity index (χ0n) is 16.8. The van der Waals surface area contributed by atoms with E-state index in [1.54, 1.807) is 24.0 Å². The first-order valence-electron chi connectivity index (χ1n) is 9.60. The van der Waals surface area contributed by atoms with Gasteiger partial charge >= 0.3 is 0 Å². The Labute approximate surface area is 180 Å². The van der Waals surface area contributed by atoms with Crippen molar-refractivity contribution >= 4 is 37.5 Å². The first-order valence-corrected chi connectivity index (χ1v) is 11.8. The van der Waals surface area contributed by atoms with E-state index in [1.165, 1.54) is 10.4 Å². The van der Waals surface area contributed by atoms with Crippen LogP contribution in [0.4, 0.5) is 5.69 Å². The number of ether oxygens (including phenoxy) is 1. The molecule has 0 spiro atoms. The number of hydrogen-bond donors (Lipinski definition) is 0. The quantitative estimate of drug-likeness (QED) is 0.604. The summed E-state index contributed by atoms with van der Waals surface area (Å²) in [7, 11) is -3.79. The molecule has 0 atom stereocenters. The molecule has 1 amide bonds. The average Bonchev–Trinajstić information content (AvgIpc) is 3.10. The third kappa shape index (κ3) is 4.49. The Bertz CT molecular complexity index is 1020. The number of hydrogen-bond acceptors (Lipinski definition) is 4. The van der Waals surface area contributed by atoms with Gasteiger partial charge in [0.15, 0.2) is 0 Å². The number of carbonyl (C=O) groups is 1. The SMILES string of the molecule is CCOc1ccc(S(=O)(=O)N(CC)CC(=O)N2CCc3cc(Br)ccc32)cc1C. The first-order chi connectivity index (χ1) is 13.8. The number of sulfonamides is 1. The molecule has 0 aliphatic carbocycles. The molecule has 1 heterocycles. The van der Waals surface area contributed by atoms with Gasteiger partial charge in [-0.2, -0.15) is 4.31 Å². The number of benzene rings is 2. The fourth-order valence-corrected chi connectivity index (χ4v) is 5.37. The minimum atomic E-state index is -3.79. The Balaban J connectivity index is 1.81. The minimum Gasteiger partial charge on any atom is -0.494 e. The molecule has 6 nitrogen and oxygen atoms in total. The van der Waals surface area contributed by atoms with Crippen molar-refractivity contribution in [1.82, 2.24) is 4.31 Å². The van der Waals surface area contributed by atoms with Gasteiger partial charge in [-0.05, 0) is 67.8 Å². The zero-order valence-corrected chi connectivity index (χ0v) is 19.2. The number of fused-ring (bicyclic) bond motifs is 1. The van der Waals surface area contributed by atoms with E-state index in [2.05, 4.69) is 15.9 Å². The van der Waals surface area contributed by atoms with E-state index >= 15 is 0 Å². The van der Waals surface area contributed by atoms with Gasteiger partial charge in [0.1, 0.15) is 5.75 Å². The molecule has 8 heteroatoms. The molecule has 29 heavy (non-hydrogen) atoms. The van der Waals surface area contributed by atoms with Gasteiger partial charge in [0.2, 0.25) is 15.9 Å². The second-order valence-electron chi connectivity index (χ2n) is 6.86. The second kappa shape index (κ2) is 8.85. The average molecular weight is 481 g/mol. The van der Waals surface area contributed by atoms with Crippen molar-refractivity contribution in [2.24, 2.45) is 0 Å². The second-order valence-corrected chi connectivity index (χ2v) is 9.71. The maximum Gasteiger partial charge on any atom is 0.243 e. The smallest absolute Gasteiger partial charge is 0.243 e. The predicted molar refractivity (Wildman–Crippen MR) is 117 cm³/mol. The molecule has 2 aromatic rings. The Kier molecular flexibility index (Phi) is 6.65. The summed E-state index contributed by atoms with van der Waals surface area (Å²) in [5.41, 5.74) is 2.68. The van der Waals surface area contributed by atoms with Crippen molar-refractivity contribution in [1.29, 1.82) is 0 Å². The molecule has 0 unspecified atom stereocenters. The highest BCUT2D eigenvalue weighted by molar-refractivity contribution is 9.10. The van der Waals surface area contributed by atoms with Crippen LogP contribution in [0.3, 0.4) is 0 Å². The summed E-state index contributed by atoms with van der Waals surface area (Å²) < 4.78 is 33.9. The first kappa shape index (κ1) is 21.8. The van der Waals surface area contributed by atoms with E-state index in [1.807, 2.05) is 32.0 Å². The van der Waals surface area contributed by atoms with Crippen LogP contribution >= 0.6 is 15.9 Å². The van der Waals surface area contributed by atoms with Crippen molar-refractivity contribution in [3.05, 3.63) is 52.0 Å². The van der Waals surface area contributed by atoms with Gasteiger partial charge in [-0.1, -0.05) is 22.9 Å². The molecule has 0 bridgehead atoms. The molecule has 1 aliphatic heterocycles. The molecule has 1 aliphatic rings. The van der Waals surface area contributed by atoms with E-state index in [0.29, 0.717) is 18.9 Å². The van der Waals surface area contributed by atoms with Gasteiger partial charge in [0, 0.05) is 23.2 Å². The maximum absolute atomic E-state index is 13.1. The number of amides is 1. The van der Waals surface area contributed by atoms with Gasteiger partial charge in [0.25, 0.3) is 0 Å². The van der Waals surface area contributed by atoms with Crippen molar-refractivity contribution < 1.29 is 17.9 Å². The van der Waals surface area contributed by atoms with Gasteiger partial charge in [-0.15, -0.1) is 0 Å². The van der Waals surface area contributed by atoms with E-state index in [9.17, 15) is 13.2 Å². The van der Waals surface area contributed by atoms with Crippen LogP contribution in [0.15, 0.2) is 45.8 Å². The highest BCUT2D eigenvalue weighted by Gasteiger charge is 2.30. The van der Waals surface area contributed by atoms with E-state index in [-0.39, 0.29) is 23.9 Å². The molecule has 0 saturated heterocycles.